The van der Waals surface area contributed by atoms with Gasteiger partial charge in [0, 0.05) is 29.6 Å². The Morgan fingerprint density at radius 3 is 2.44 bits per heavy atom. The first-order valence-corrected chi connectivity index (χ1v) is 2.71. The van der Waals surface area contributed by atoms with Crippen molar-refractivity contribution in [1.29, 1.82) is 0 Å². The van der Waals surface area contributed by atoms with Crippen LogP contribution in [0.3, 0.4) is 0 Å². The lowest BCUT2D eigenvalue weighted by Gasteiger charge is -1.92. The minimum absolute atomic E-state index is 0.986. The Morgan fingerprint density at radius 2 is 2.00 bits per heavy atom. The van der Waals surface area contributed by atoms with Crippen LogP contribution in [0.5, 0.6) is 0 Å². The van der Waals surface area contributed by atoms with Gasteiger partial charge in [-0.25, -0.2) is 0 Å². The van der Waals surface area contributed by atoms with Crippen molar-refractivity contribution in [3.63, 3.8) is 0 Å². The number of hydrogen-bond acceptors (Lipinski definition) is 2. The molecular formula is C6H9N2O+. The maximum atomic E-state index is 8.74. The van der Waals surface area contributed by atoms with Crippen LogP contribution in [-0.4, -0.2) is 12.3 Å². The maximum absolute atomic E-state index is 8.74. The van der Waals surface area contributed by atoms with E-state index in [1.807, 2.05) is 7.05 Å². The fourth-order valence-electron chi connectivity index (χ4n) is 0.585. The topological polar surface area (TPSA) is 36.1 Å². The number of aromatic nitrogens is 1. The van der Waals surface area contributed by atoms with E-state index in [1.54, 1.807) is 24.5 Å². The van der Waals surface area contributed by atoms with Crippen LogP contribution in [0.2, 0.25) is 0 Å². The minimum Gasteiger partial charge on any atom is -0.388 e. The van der Waals surface area contributed by atoms with E-state index in [-0.39, 0.29) is 0 Å². The van der Waals surface area contributed by atoms with E-state index in [4.69, 9.17) is 5.21 Å². The van der Waals surface area contributed by atoms with Crippen molar-refractivity contribution in [2.24, 2.45) is 0 Å². The summed E-state index contributed by atoms with van der Waals surface area (Å²) in [6, 6.07) is 3.56. The van der Waals surface area contributed by atoms with Gasteiger partial charge in [-0.05, 0) is 0 Å². The van der Waals surface area contributed by atoms with Gasteiger partial charge in [-0.1, -0.05) is 0 Å². The third-order valence-electron chi connectivity index (χ3n) is 1.10. The molecule has 0 aliphatic carbocycles. The summed E-state index contributed by atoms with van der Waals surface area (Å²) in [6.45, 7) is 0. The lowest BCUT2D eigenvalue weighted by molar-refractivity contribution is -0.904. The van der Waals surface area contributed by atoms with Gasteiger partial charge >= 0.3 is 0 Å². The molecule has 48 valence electrons. The fraction of sp³-hybridized carbons (Fsp3) is 0.167. The average molecular weight is 125 g/mol. The molecule has 0 amide bonds. The van der Waals surface area contributed by atoms with E-state index in [1.165, 1.54) is 0 Å². The molecule has 1 aromatic heterocycles. The summed E-state index contributed by atoms with van der Waals surface area (Å²) in [5, 5.41) is 11.7. The average Bonchev–Trinajstić information content (AvgIpc) is 1.90. The number of hydrogen-bond donors (Lipinski definition) is 2. The maximum Gasteiger partial charge on any atom is 0.224 e. The molecule has 0 saturated heterocycles. The molecule has 0 bridgehead atoms. The molecule has 0 aliphatic rings. The summed E-state index contributed by atoms with van der Waals surface area (Å²) in [5.74, 6) is 0. The predicted octanol–water partition coefficient (Wildman–Crippen LogP) is 0.253. The normalized spacial score (nSPS) is 9.00. The first kappa shape index (κ1) is 5.88. The van der Waals surface area contributed by atoms with Gasteiger partial charge in [-0.15, -0.1) is 0 Å². The highest BCUT2D eigenvalue weighted by atomic mass is 16.5. The molecule has 0 atom stereocenters. The molecule has 1 heterocycles. The van der Waals surface area contributed by atoms with Gasteiger partial charge < -0.3 is 5.32 Å². The van der Waals surface area contributed by atoms with Crippen molar-refractivity contribution in [2.75, 3.05) is 12.4 Å². The van der Waals surface area contributed by atoms with Crippen LogP contribution in [-0.2, 0) is 0 Å². The van der Waals surface area contributed by atoms with Crippen LogP contribution in [0.15, 0.2) is 24.5 Å². The van der Waals surface area contributed by atoms with Gasteiger partial charge in [0.2, 0.25) is 12.4 Å². The first-order valence-electron chi connectivity index (χ1n) is 2.71. The van der Waals surface area contributed by atoms with Crippen molar-refractivity contribution in [1.82, 2.24) is 0 Å². The summed E-state index contributed by atoms with van der Waals surface area (Å²) in [6.07, 6.45) is 3.12. The van der Waals surface area contributed by atoms with Crippen LogP contribution in [0.25, 0.3) is 0 Å². The second kappa shape index (κ2) is 2.35. The summed E-state index contributed by atoms with van der Waals surface area (Å²) < 4.78 is 1.00. The van der Waals surface area contributed by atoms with E-state index >= 15 is 0 Å². The number of nitrogens with zero attached hydrogens (tertiary/aromatic N) is 1. The molecule has 0 aromatic carbocycles. The minimum atomic E-state index is 0.986. The molecule has 2 N–H and O–H groups in total. The van der Waals surface area contributed by atoms with Gasteiger partial charge in [0.05, 0.1) is 0 Å². The predicted molar refractivity (Wildman–Crippen MR) is 33.4 cm³/mol. The van der Waals surface area contributed by atoms with Crippen LogP contribution in [0.4, 0.5) is 5.69 Å². The van der Waals surface area contributed by atoms with Gasteiger partial charge in [0.25, 0.3) is 0 Å². The number of anilines is 1. The van der Waals surface area contributed by atoms with Crippen molar-refractivity contribution in [3.05, 3.63) is 24.5 Å². The summed E-state index contributed by atoms with van der Waals surface area (Å²) >= 11 is 0. The lowest BCUT2D eigenvalue weighted by Crippen LogP contribution is -2.27. The van der Waals surface area contributed by atoms with E-state index in [0.717, 1.165) is 10.4 Å². The van der Waals surface area contributed by atoms with Crippen molar-refractivity contribution in [3.8, 4) is 0 Å². The van der Waals surface area contributed by atoms with E-state index in [9.17, 15) is 0 Å². The molecule has 0 spiro atoms. The molecule has 1 rings (SSSR count). The second-order valence-corrected chi connectivity index (χ2v) is 1.72. The van der Waals surface area contributed by atoms with Crippen molar-refractivity contribution >= 4 is 5.69 Å². The third-order valence-corrected chi connectivity index (χ3v) is 1.10. The Kier molecular flexibility index (Phi) is 1.53. The molecule has 0 fully saturated rings. The Morgan fingerprint density at radius 1 is 1.44 bits per heavy atom. The molecule has 0 aliphatic heterocycles. The van der Waals surface area contributed by atoms with Gasteiger partial charge in [0.15, 0.2) is 0 Å². The summed E-state index contributed by atoms with van der Waals surface area (Å²) in [5.41, 5.74) is 0.986. The SMILES string of the molecule is CNc1cc[n+](O)cc1. The quantitative estimate of drug-likeness (QED) is 0.417. The third kappa shape index (κ3) is 1.32. The molecule has 0 saturated carbocycles. The van der Waals surface area contributed by atoms with E-state index in [2.05, 4.69) is 5.32 Å². The molecular weight excluding hydrogens is 116 g/mol. The van der Waals surface area contributed by atoms with E-state index in [0.29, 0.717) is 0 Å². The highest BCUT2D eigenvalue weighted by Crippen LogP contribution is 1.98. The van der Waals surface area contributed by atoms with Gasteiger partial charge in [-0.2, -0.15) is 0 Å². The molecule has 9 heavy (non-hydrogen) atoms. The molecule has 0 radical (unpaired) electrons. The van der Waals surface area contributed by atoms with Gasteiger partial charge in [-0.3, -0.25) is 5.21 Å². The van der Waals surface area contributed by atoms with Crippen LogP contribution >= 0.6 is 0 Å². The van der Waals surface area contributed by atoms with Gasteiger partial charge in [0.1, 0.15) is 0 Å². The zero-order chi connectivity index (χ0) is 6.69. The van der Waals surface area contributed by atoms with Crippen LogP contribution in [0, 0.1) is 0 Å². The van der Waals surface area contributed by atoms with Crippen LogP contribution in [0.1, 0.15) is 0 Å². The zero-order valence-electron chi connectivity index (χ0n) is 5.20. The lowest BCUT2D eigenvalue weighted by atomic mass is 10.4. The number of rotatable bonds is 1. The highest BCUT2D eigenvalue weighted by molar-refractivity contribution is 5.38. The molecule has 3 heteroatoms. The number of pyridine rings is 1. The smallest absolute Gasteiger partial charge is 0.224 e. The summed E-state index contributed by atoms with van der Waals surface area (Å²) in [4.78, 5) is 0. The Hall–Kier alpha value is -1.25. The first-order chi connectivity index (χ1) is 4.33. The largest absolute Gasteiger partial charge is 0.388 e. The second-order valence-electron chi connectivity index (χ2n) is 1.72. The Balaban J connectivity index is 2.88. The van der Waals surface area contributed by atoms with E-state index < -0.39 is 0 Å². The Labute approximate surface area is 53.5 Å². The van der Waals surface area contributed by atoms with Crippen molar-refractivity contribution in [2.45, 2.75) is 0 Å². The monoisotopic (exact) mass is 125 g/mol. The number of nitrogens with one attached hydrogen (secondary N) is 1. The highest BCUT2D eigenvalue weighted by Gasteiger charge is 1.92. The zero-order valence-corrected chi connectivity index (χ0v) is 5.20. The Bertz CT molecular complexity index is 183. The standard InChI is InChI=1S/C6H8N2O/c1-7-6-2-4-8(9)5-3-6/h2-5,9H,1H3/p+1. The summed E-state index contributed by atoms with van der Waals surface area (Å²) in [7, 11) is 1.83. The molecule has 0 unspecified atom stereocenters. The van der Waals surface area contributed by atoms with Crippen molar-refractivity contribution < 1.29 is 9.94 Å². The van der Waals surface area contributed by atoms with Crippen LogP contribution < -0.4 is 10.0 Å². The fourth-order valence-corrected chi connectivity index (χ4v) is 0.585. The molecule has 1 aromatic rings. The molecule has 3 nitrogen and oxygen atoms in total.